The average molecular weight is 184 g/mol. The van der Waals surface area contributed by atoms with Crippen molar-refractivity contribution in [2.75, 3.05) is 20.4 Å². The third-order valence-electron chi connectivity index (χ3n) is 1.65. The highest BCUT2D eigenvalue weighted by Gasteiger charge is 2.03. The van der Waals surface area contributed by atoms with E-state index in [0.717, 1.165) is 5.56 Å². The molecule has 0 aromatic heterocycles. The second-order valence-electron chi connectivity index (χ2n) is 2.69. The molecule has 0 aliphatic carbocycles. The molecular weight excluding hydrogens is 171 g/mol. The zero-order chi connectivity index (χ0) is 9.68. The van der Waals surface area contributed by atoms with Crippen LogP contribution in [0, 0.1) is 6.92 Å². The summed E-state index contributed by atoms with van der Waals surface area (Å²) in [6, 6.07) is 5.54. The Morgan fingerprint density at radius 3 is 2.69 bits per heavy atom. The van der Waals surface area contributed by atoms with Crippen molar-refractivity contribution in [2.24, 2.45) is 0 Å². The molecule has 0 saturated heterocycles. The van der Waals surface area contributed by atoms with Crippen molar-refractivity contribution >= 4 is 0 Å². The van der Waals surface area contributed by atoms with E-state index in [4.69, 9.17) is 9.47 Å². The highest BCUT2D eigenvalue weighted by Crippen LogP contribution is 2.27. The van der Waals surface area contributed by atoms with Gasteiger partial charge in [0.05, 0.1) is 7.11 Å². The van der Waals surface area contributed by atoms with Gasteiger partial charge in [-0.2, -0.15) is 0 Å². The van der Waals surface area contributed by atoms with Crippen molar-refractivity contribution in [3.63, 3.8) is 0 Å². The molecule has 0 bridgehead atoms. The fourth-order valence-electron chi connectivity index (χ4n) is 1.04. The van der Waals surface area contributed by atoms with Crippen LogP contribution in [0.3, 0.4) is 0 Å². The van der Waals surface area contributed by atoms with Crippen LogP contribution in [0.25, 0.3) is 0 Å². The fourth-order valence-corrected chi connectivity index (χ4v) is 1.04. The van der Waals surface area contributed by atoms with Gasteiger partial charge in [0.25, 0.3) is 0 Å². The molecule has 1 aromatic carbocycles. The Morgan fingerprint density at radius 1 is 1.31 bits per heavy atom. The van der Waals surface area contributed by atoms with Gasteiger partial charge in [0, 0.05) is 0 Å². The number of benzene rings is 1. The number of aryl methyl sites for hydroxylation is 1. The minimum atomic E-state index is -0.489. The Hall–Kier alpha value is -1.25. The summed E-state index contributed by atoms with van der Waals surface area (Å²) < 4.78 is 22.0. The molecule has 2 nitrogen and oxygen atoms in total. The lowest BCUT2D eigenvalue weighted by atomic mass is 10.2. The molecule has 0 N–H and O–H groups in total. The molecule has 3 heteroatoms. The number of halogens is 1. The minimum absolute atomic E-state index is 0.0689. The van der Waals surface area contributed by atoms with Crippen LogP contribution in [0.2, 0.25) is 0 Å². The molecule has 0 saturated carbocycles. The lowest BCUT2D eigenvalue weighted by Crippen LogP contribution is -2.00. The summed E-state index contributed by atoms with van der Waals surface area (Å²) in [5, 5.41) is 0. The molecule has 0 aliphatic rings. The molecule has 0 radical (unpaired) electrons. The van der Waals surface area contributed by atoms with Crippen molar-refractivity contribution in [1.29, 1.82) is 0 Å². The smallest absolute Gasteiger partial charge is 0.161 e. The van der Waals surface area contributed by atoms with Crippen LogP contribution in [-0.4, -0.2) is 20.4 Å². The lowest BCUT2D eigenvalue weighted by molar-refractivity contribution is 0.260. The summed E-state index contributed by atoms with van der Waals surface area (Å²) in [7, 11) is 1.57. The number of alkyl halides is 1. The average Bonchev–Trinajstić information content (AvgIpc) is 2.16. The number of hydrogen-bond acceptors (Lipinski definition) is 2. The number of hydrogen-bond donors (Lipinski definition) is 0. The van der Waals surface area contributed by atoms with Crippen LogP contribution in [0.1, 0.15) is 5.56 Å². The first-order valence-electron chi connectivity index (χ1n) is 4.11. The maximum atomic E-state index is 11.8. The Morgan fingerprint density at radius 2 is 2.08 bits per heavy atom. The van der Waals surface area contributed by atoms with Crippen LogP contribution < -0.4 is 9.47 Å². The van der Waals surface area contributed by atoms with Crippen LogP contribution in [0.5, 0.6) is 11.5 Å². The van der Waals surface area contributed by atoms with E-state index in [2.05, 4.69) is 0 Å². The van der Waals surface area contributed by atoms with E-state index in [-0.39, 0.29) is 6.61 Å². The maximum absolute atomic E-state index is 11.8. The molecule has 72 valence electrons. The first-order valence-corrected chi connectivity index (χ1v) is 4.11. The summed E-state index contributed by atoms with van der Waals surface area (Å²) in [5.74, 6) is 1.24. The van der Waals surface area contributed by atoms with Gasteiger partial charge in [-0.15, -0.1) is 0 Å². The lowest BCUT2D eigenvalue weighted by Gasteiger charge is -2.09. The molecule has 0 spiro atoms. The van der Waals surface area contributed by atoms with E-state index in [1.807, 2.05) is 19.1 Å². The molecule has 0 aliphatic heterocycles. The van der Waals surface area contributed by atoms with E-state index < -0.39 is 6.67 Å². The van der Waals surface area contributed by atoms with Gasteiger partial charge >= 0.3 is 0 Å². The van der Waals surface area contributed by atoms with Gasteiger partial charge in [0.2, 0.25) is 0 Å². The summed E-state index contributed by atoms with van der Waals surface area (Å²) in [5.41, 5.74) is 1.09. The van der Waals surface area contributed by atoms with Gasteiger partial charge in [0.1, 0.15) is 13.3 Å². The minimum Gasteiger partial charge on any atom is -0.493 e. The van der Waals surface area contributed by atoms with Crippen molar-refractivity contribution in [3.05, 3.63) is 23.8 Å². The van der Waals surface area contributed by atoms with Crippen LogP contribution in [0.4, 0.5) is 4.39 Å². The number of methoxy groups -OCH3 is 1. The van der Waals surface area contributed by atoms with Gasteiger partial charge in [-0.3, -0.25) is 0 Å². The monoisotopic (exact) mass is 184 g/mol. The van der Waals surface area contributed by atoms with E-state index >= 15 is 0 Å². The largest absolute Gasteiger partial charge is 0.493 e. The predicted molar refractivity (Wildman–Crippen MR) is 49.2 cm³/mol. The third kappa shape index (κ3) is 2.61. The Bertz CT molecular complexity index is 274. The zero-order valence-corrected chi connectivity index (χ0v) is 7.84. The molecule has 0 amide bonds. The molecule has 0 fully saturated rings. The Kier molecular flexibility index (Phi) is 3.55. The first-order chi connectivity index (χ1) is 6.27. The van der Waals surface area contributed by atoms with Crippen molar-refractivity contribution in [2.45, 2.75) is 6.92 Å². The molecule has 0 heterocycles. The van der Waals surface area contributed by atoms with Crippen molar-refractivity contribution in [1.82, 2.24) is 0 Å². The summed E-state index contributed by atoms with van der Waals surface area (Å²) >= 11 is 0. The van der Waals surface area contributed by atoms with E-state index in [1.54, 1.807) is 13.2 Å². The quantitative estimate of drug-likeness (QED) is 0.715. The molecule has 0 unspecified atom stereocenters. The SMILES string of the molecule is COc1cc(C)ccc1OCCF. The highest BCUT2D eigenvalue weighted by atomic mass is 19.1. The fraction of sp³-hybridized carbons (Fsp3) is 0.400. The summed E-state index contributed by atoms with van der Waals surface area (Å²) in [4.78, 5) is 0. The normalized spacial score (nSPS) is 9.77. The topological polar surface area (TPSA) is 18.5 Å². The zero-order valence-electron chi connectivity index (χ0n) is 7.84. The maximum Gasteiger partial charge on any atom is 0.161 e. The van der Waals surface area contributed by atoms with Gasteiger partial charge in [0.15, 0.2) is 11.5 Å². The van der Waals surface area contributed by atoms with Crippen LogP contribution in [-0.2, 0) is 0 Å². The molecule has 1 rings (SSSR count). The third-order valence-corrected chi connectivity index (χ3v) is 1.65. The van der Waals surface area contributed by atoms with E-state index in [0.29, 0.717) is 11.5 Å². The second-order valence-corrected chi connectivity index (χ2v) is 2.69. The van der Waals surface area contributed by atoms with E-state index in [1.165, 1.54) is 0 Å². The number of ether oxygens (including phenoxy) is 2. The standard InChI is InChI=1S/C10H13FO2/c1-8-3-4-9(13-6-5-11)10(7-8)12-2/h3-4,7H,5-6H2,1-2H3. The van der Waals surface area contributed by atoms with Gasteiger partial charge in [-0.1, -0.05) is 6.07 Å². The highest BCUT2D eigenvalue weighted by molar-refractivity contribution is 5.42. The summed E-state index contributed by atoms with van der Waals surface area (Å²) in [6.45, 7) is 1.54. The van der Waals surface area contributed by atoms with Gasteiger partial charge < -0.3 is 9.47 Å². The molecular formula is C10H13FO2. The Balaban J connectivity index is 2.79. The van der Waals surface area contributed by atoms with Crippen molar-refractivity contribution < 1.29 is 13.9 Å². The molecule has 1 aromatic rings. The second kappa shape index (κ2) is 4.70. The summed E-state index contributed by atoms with van der Waals surface area (Å²) in [6.07, 6.45) is 0. The molecule has 0 atom stereocenters. The van der Waals surface area contributed by atoms with E-state index in [9.17, 15) is 4.39 Å². The van der Waals surface area contributed by atoms with Gasteiger partial charge in [-0.05, 0) is 24.6 Å². The van der Waals surface area contributed by atoms with Crippen LogP contribution >= 0.6 is 0 Å². The molecule has 13 heavy (non-hydrogen) atoms. The predicted octanol–water partition coefficient (Wildman–Crippen LogP) is 2.35. The Labute approximate surface area is 77.3 Å². The van der Waals surface area contributed by atoms with Crippen LogP contribution in [0.15, 0.2) is 18.2 Å². The van der Waals surface area contributed by atoms with Crippen molar-refractivity contribution in [3.8, 4) is 11.5 Å². The number of rotatable bonds is 4. The van der Waals surface area contributed by atoms with Gasteiger partial charge in [-0.25, -0.2) is 4.39 Å². The first kappa shape index (κ1) is 9.84.